The van der Waals surface area contributed by atoms with Gasteiger partial charge in [-0.2, -0.15) is 14.4 Å². The summed E-state index contributed by atoms with van der Waals surface area (Å²) in [6, 6.07) is 12.3. The summed E-state index contributed by atoms with van der Waals surface area (Å²) < 4.78 is 4.16. The van der Waals surface area contributed by atoms with Crippen molar-refractivity contribution < 1.29 is 4.58 Å². The van der Waals surface area contributed by atoms with E-state index in [4.69, 9.17) is 0 Å². The minimum Gasteiger partial charge on any atom is -0.199 e. The fraction of sp³-hybridized carbons (Fsp3) is 0.0909. The maximum absolute atomic E-state index is 4.22. The average Bonchev–Trinajstić information content (AvgIpc) is 2.78. The van der Waals surface area contributed by atoms with Gasteiger partial charge in [-0.05, 0) is 6.07 Å². The molecular weight excluding hydrogens is 174 g/mol. The molecule has 0 unspecified atom stereocenters. The summed E-state index contributed by atoms with van der Waals surface area (Å²) in [4.78, 5) is 0. The van der Waals surface area contributed by atoms with E-state index in [9.17, 15) is 0 Å². The molecule has 1 aliphatic heterocycles. The highest BCUT2D eigenvalue weighted by atomic mass is 15.4. The molecule has 1 aliphatic rings. The summed E-state index contributed by atoms with van der Waals surface area (Å²) in [7, 11) is 0. The third-order valence-electron chi connectivity index (χ3n) is 2.41. The van der Waals surface area contributed by atoms with Crippen LogP contribution >= 0.6 is 0 Å². The lowest BCUT2D eigenvalue weighted by atomic mass is 10.3. The Kier molecular flexibility index (Phi) is 1.50. The molecule has 3 nitrogen and oxygen atoms in total. The van der Waals surface area contributed by atoms with E-state index in [0.29, 0.717) is 0 Å². The number of fused-ring (bicyclic) bond motifs is 1. The molecule has 0 atom stereocenters. The molecule has 0 aliphatic carbocycles. The largest absolute Gasteiger partial charge is 0.243 e. The minimum atomic E-state index is 0.812. The Balaban J connectivity index is 2.02. The van der Waals surface area contributed by atoms with Gasteiger partial charge in [0.15, 0.2) is 6.21 Å². The van der Waals surface area contributed by atoms with E-state index < -0.39 is 0 Å². The Morgan fingerprint density at radius 1 is 1.14 bits per heavy atom. The summed E-state index contributed by atoms with van der Waals surface area (Å²) >= 11 is 0. The lowest BCUT2D eigenvalue weighted by Crippen LogP contribution is -2.05. The summed E-state index contributed by atoms with van der Waals surface area (Å²) in [5.74, 6) is 0. The molecule has 0 bridgehead atoms. The predicted molar refractivity (Wildman–Crippen MR) is 53.8 cm³/mol. The highest BCUT2D eigenvalue weighted by Gasteiger charge is 2.19. The van der Waals surface area contributed by atoms with Crippen LogP contribution in [0.15, 0.2) is 42.6 Å². The second-order valence-electron chi connectivity index (χ2n) is 3.33. The Morgan fingerprint density at radius 3 is 2.79 bits per heavy atom. The van der Waals surface area contributed by atoms with Crippen LogP contribution < -0.4 is 0 Å². The van der Waals surface area contributed by atoms with E-state index in [1.807, 2.05) is 35.1 Å². The van der Waals surface area contributed by atoms with Crippen molar-refractivity contribution in [3.05, 3.63) is 48.3 Å². The van der Waals surface area contributed by atoms with Crippen molar-refractivity contribution in [2.45, 2.75) is 6.67 Å². The molecule has 0 saturated carbocycles. The van der Waals surface area contributed by atoms with Gasteiger partial charge in [0.05, 0.1) is 6.20 Å². The monoisotopic (exact) mass is 184 g/mol. The van der Waals surface area contributed by atoms with Gasteiger partial charge in [-0.25, -0.2) is 0 Å². The lowest BCUT2D eigenvalue weighted by molar-refractivity contribution is -0.465. The molecule has 3 rings (SSSR count). The fourth-order valence-electron chi connectivity index (χ4n) is 1.69. The normalized spacial score (nSPS) is 13.9. The van der Waals surface area contributed by atoms with Crippen molar-refractivity contribution in [3.63, 3.8) is 0 Å². The first-order valence-electron chi connectivity index (χ1n) is 4.62. The van der Waals surface area contributed by atoms with Crippen LogP contribution in [0.2, 0.25) is 0 Å². The SMILES string of the molecule is C1=[N+](c2ccccc2)Cn2nccc21. The zero-order chi connectivity index (χ0) is 9.38. The molecule has 2 heterocycles. The molecular formula is C11H10N3+. The maximum Gasteiger partial charge on any atom is 0.243 e. The Hall–Kier alpha value is -1.90. The molecule has 1 aromatic carbocycles. The van der Waals surface area contributed by atoms with Crippen LogP contribution in [0.1, 0.15) is 5.69 Å². The second kappa shape index (κ2) is 2.80. The molecule has 0 amide bonds. The van der Waals surface area contributed by atoms with Crippen LogP contribution in [0, 0.1) is 0 Å². The Bertz CT molecular complexity index is 482. The van der Waals surface area contributed by atoms with Crippen molar-refractivity contribution >= 4 is 11.9 Å². The van der Waals surface area contributed by atoms with Gasteiger partial charge in [-0.1, -0.05) is 18.2 Å². The van der Waals surface area contributed by atoms with Gasteiger partial charge < -0.3 is 0 Å². The van der Waals surface area contributed by atoms with Gasteiger partial charge in [0.2, 0.25) is 12.4 Å². The van der Waals surface area contributed by atoms with E-state index in [1.165, 1.54) is 5.69 Å². The lowest BCUT2D eigenvalue weighted by Gasteiger charge is -1.95. The van der Waals surface area contributed by atoms with E-state index >= 15 is 0 Å². The van der Waals surface area contributed by atoms with Gasteiger partial charge >= 0.3 is 0 Å². The van der Waals surface area contributed by atoms with Gasteiger partial charge in [-0.3, -0.25) is 0 Å². The topological polar surface area (TPSA) is 20.8 Å². The zero-order valence-electron chi connectivity index (χ0n) is 7.67. The molecule has 14 heavy (non-hydrogen) atoms. The summed E-state index contributed by atoms with van der Waals surface area (Å²) in [6.07, 6.45) is 3.94. The third-order valence-corrected chi connectivity index (χ3v) is 2.41. The van der Waals surface area contributed by atoms with Crippen molar-refractivity contribution in [1.29, 1.82) is 0 Å². The minimum absolute atomic E-state index is 0.812. The summed E-state index contributed by atoms with van der Waals surface area (Å²) in [6.45, 7) is 0.812. The number of rotatable bonds is 1. The van der Waals surface area contributed by atoms with Crippen LogP contribution in [0.5, 0.6) is 0 Å². The zero-order valence-corrected chi connectivity index (χ0v) is 7.67. The summed E-state index contributed by atoms with van der Waals surface area (Å²) in [5.41, 5.74) is 2.37. The second-order valence-corrected chi connectivity index (χ2v) is 3.33. The molecule has 3 heteroatoms. The van der Waals surface area contributed by atoms with Gasteiger partial charge in [0.1, 0.15) is 5.69 Å². The number of nitrogens with zero attached hydrogens (tertiary/aromatic N) is 3. The van der Waals surface area contributed by atoms with E-state index in [1.54, 1.807) is 0 Å². The van der Waals surface area contributed by atoms with E-state index in [-0.39, 0.29) is 0 Å². The molecule has 2 aromatic rings. The molecule has 68 valence electrons. The van der Waals surface area contributed by atoms with Crippen molar-refractivity contribution in [1.82, 2.24) is 9.78 Å². The van der Waals surface area contributed by atoms with Crippen LogP contribution in [0.25, 0.3) is 0 Å². The smallest absolute Gasteiger partial charge is 0.199 e. The fourth-order valence-corrected chi connectivity index (χ4v) is 1.69. The van der Waals surface area contributed by atoms with Crippen molar-refractivity contribution in [2.24, 2.45) is 0 Å². The van der Waals surface area contributed by atoms with Crippen LogP contribution in [-0.4, -0.2) is 20.6 Å². The average molecular weight is 184 g/mol. The van der Waals surface area contributed by atoms with Crippen LogP contribution in [0.3, 0.4) is 0 Å². The van der Waals surface area contributed by atoms with Gasteiger partial charge in [0, 0.05) is 12.1 Å². The van der Waals surface area contributed by atoms with Crippen molar-refractivity contribution in [2.75, 3.05) is 0 Å². The van der Waals surface area contributed by atoms with Crippen molar-refractivity contribution in [3.8, 4) is 0 Å². The number of hydrogen-bond acceptors (Lipinski definition) is 1. The van der Waals surface area contributed by atoms with Gasteiger partial charge in [0.25, 0.3) is 0 Å². The highest BCUT2D eigenvalue weighted by Crippen LogP contribution is 2.15. The first kappa shape index (κ1) is 7.50. The van der Waals surface area contributed by atoms with Gasteiger partial charge in [-0.15, -0.1) is 0 Å². The van der Waals surface area contributed by atoms with E-state index in [0.717, 1.165) is 12.4 Å². The molecule has 0 fully saturated rings. The standard InChI is InChI=1S/C11H10N3/c1-2-4-10(5-3-1)13-8-11-6-7-12-14(11)9-13/h1-8H,9H2/q+1. The molecule has 0 N–H and O–H groups in total. The number of para-hydroxylation sites is 1. The maximum atomic E-state index is 4.22. The summed E-state index contributed by atoms with van der Waals surface area (Å²) in [5, 5.41) is 4.22. The Labute approximate surface area is 81.9 Å². The molecule has 0 radical (unpaired) electrons. The number of hydrogen-bond donors (Lipinski definition) is 0. The van der Waals surface area contributed by atoms with Crippen LogP contribution in [-0.2, 0) is 6.67 Å². The Morgan fingerprint density at radius 2 is 2.00 bits per heavy atom. The predicted octanol–water partition coefficient (Wildman–Crippen LogP) is 1.62. The number of benzene rings is 1. The molecule has 0 spiro atoms. The highest BCUT2D eigenvalue weighted by molar-refractivity contribution is 5.74. The quantitative estimate of drug-likeness (QED) is 0.617. The van der Waals surface area contributed by atoms with Crippen LogP contribution in [0.4, 0.5) is 5.69 Å². The van der Waals surface area contributed by atoms with E-state index in [2.05, 4.69) is 28.0 Å². The third kappa shape index (κ3) is 1.06. The molecule has 0 saturated heterocycles. The first-order valence-corrected chi connectivity index (χ1v) is 4.62. The molecule has 1 aromatic heterocycles. The first-order chi connectivity index (χ1) is 6.93. The number of aromatic nitrogens is 2.